The van der Waals surface area contributed by atoms with E-state index >= 15 is 0 Å². The predicted molar refractivity (Wildman–Crippen MR) is 123 cm³/mol. The van der Waals surface area contributed by atoms with E-state index in [1.54, 1.807) is 38.5 Å². The first-order valence-electron chi connectivity index (χ1n) is 15.4. The van der Waals surface area contributed by atoms with Gasteiger partial charge in [0.05, 0.1) is 0 Å². The van der Waals surface area contributed by atoms with E-state index in [0.29, 0.717) is 0 Å². The fraction of sp³-hybridized carbons (Fsp3) is 1.00. The highest BCUT2D eigenvalue weighted by Crippen LogP contribution is 3.34. The molecular weight excluding hydrogens is 384 g/mol. The molecule has 6 spiro atoms. The van der Waals surface area contributed by atoms with Crippen LogP contribution in [0.5, 0.6) is 0 Å². The minimum atomic E-state index is 0.910. The third-order valence-corrected chi connectivity index (χ3v) is 19.2. The van der Waals surface area contributed by atoms with Gasteiger partial charge in [-0.25, -0.2) is 0 Å². The van der Waals surface area contributed by atoms with Gasteiger partial charge in [0.1, 0.15) is 0 Å². The van der Waals surface area contributed by atoms with Gasteiger partial charge in [-0.3, -0.25) is 0 Å². The predicted octanol–water partition coefficient (Wildman–Crippen LogP) is 6.75. The van der Waals surface area contributed by atoms with Crippen LogP contribution in [0, 0.1) is 121 Å². The quantitative estimate of drug-likeness (QED) is 0.402. The number of hydrogen-bond acceptors (Lipinski definition) is 0. The second kappa shape index (κ2) is 3.69. The first-order chi connectivity index (χ1) is 15.4. The highest BCUT2D eigenvalue weighted by Gasteiger charge is 3.32. The maximum atomic E-state index is 2.82. The van der Waals surface area contributed by atoms with E-state index in [2.05, 4.69) is 34.6 Å². The van der Waals surface area contributed by atoms with Gasteiger partial charge in [-0.05, 0) is 153 Å². The van der Waals surface area contributed by atoms with Gasteiger partial charge in [-0.2, -0.15) is 0 Å². The summed E-state index contributed by atoms with van der Waals surface area (Å²) < 4.78 is 0. The Hall–Kier alpha value is 0. The average molecular weight is 427 g/mol. The molecule has 170 valence electrons. The second-order valence-corrected chi connectivity index (χ2v) is 17.1. The van der Waals surface area contributed by atoms with Crippen LogP contribution in [0.25, 0.3) is 0 Å². The monoisotopic (exact) mass is 426 g/mol. The molecule has 0 bridgehead atoms. The Morgan fingerprint density at radius 3 is 2.06 bits per heavy atom. The lowest BCUT2D eigenvalue weighted by molar-refractivity contribution is -0.879. The molecule has 0 aromatic heterocycles. The van der Waals surface area contributed by atoms with Crippen molar-refractivity contribution in [1.29, 1.82) is 0 Å². The molecule has 0 radical (unpaired) electrons. The van der Waals surface area contributed by atoms with E-state index in [1.807, 2.05) is 0 Å². The van der Waals surface area contributed by atoms with Crippen LogP contribution in [-0.4, -0.2) is 0 Å². The van der Waals surface area contributed by atoms with Crippen LogP contribution < -0.4 is 0 Å². The van der Waals surface area contributed by atoms with Crippen molar-refractivity contribution in [3.8, 4) is 0 Å². The van der Waals surface area contributed by atoms with Crippen molar-refractivity contribution in [2.45, 2.75) is 73.1 Å². The van der Waals surface area contributed by atoms with Crippen LogP contribution in [0.3, 0.4) is 0 Å². The van der Waals surface area contributed by atoms with Gasteiger partial charge in [0.15, 0.2) is 0 Å². The molecule has 12 fully saturated rings. The smallest absolute Gasteiger partial charge is 0.00569 e. The first kappa shape index (κ1) is 16.6. The van der Waals surface area contributed by atoms with Gasteiger partial charge >= 0.3 is 0 Å². The maximum absolute atomic E-state index is 2.82. The van der Waals surface area contributed by atoms with E-state index < -0.39 is 0 Å². The van der Waals surface area contributed by atoms with Gasteiger partial charge in [-0.1, -0.05) is 41.0 Å². The van der Waals surface area contributed by atoms with Gasteiger partial charge in [-0.15, -0.1) is 0 Å². The van der Waals surface area contributed by atoms with Crippen molar-refractivity contribution < 1.29 is 0 Å². The van der Waals surface area contributed by atoms with Crippen molar-refractivity contribution in [3.63, 3.8) is 0 Å². The lowest BCUT2D eigenvalue weighted by Gasteiger charge is -3.33. The summed E-state index contributed by atoms with van der Waals surface area (Å²) in [5.41, 5.74) is 5.75. The number of hydrogen-bond donors (Lipinski definition) is 0. The average Bonchev–Trinajstić information content (AvgIpc) is 2.71. The van der Waals surface area contributed by atoms with E-state index in [4.69, 9.17) is 0 Å². The molecule has 21 atom stereocenters. The Bertz CT molecular complexity index is 1120. The standard InChI is InChI=1S/C32H42/c1-12-6-9-19-22-17-7-8-18-23-21(14(3)10-13(2)15(12)4)27-11-20-16(5)28(19)30(22)25(17)26-24(18)29(23,27)32(26,30)31(20,27)28/h12-26H,6-11H2,1-5H3. The van der Waals surface area contributed by atoms with E-state index in [-0.39, 0.29) is 0 Å². The Morgan fingerprint density at radius 2 is 1.25 bits per heavy atom. The molecule has 0 saturated heterocycles. The number of fused-ring (bicyclic) bond motifs is 4. The molecule has 32 heavy (non-hydrogen) atoms. The van der Waals surface area contributed by atoms with Crippen molar-refractivity contribution in [1.82, 2.24) is 0 Å². The van der Waals surface area contributed by atoms with Crippen molar-refractivity contribution in [2.75, 3.05) is 0 Å². The minimum absolute atomic E-state index is 0.910. The Balaban J connectivity index is 1.15. The summed E-state index contributed by atoms with van der Waals surface area (Å²) in [6, 6.07) is 0. The van der Waals surface area contributed by atoms with Crippen LogP contribution in [0.1, 0.15) is 73.1 Å². The van der Waals surface area contributed by atoms with Crippen LogP contribution in [0.2, 0.25) is 0 Å². The fourth-order valence-electron chi connectivity index (χ4n) is 20.8. The molecule has 12 rings (SSSR count). The topological polar surface area (TPSA) is 0 Å². The highest BCUT2D eigenvalue weighted by atomic mass is 15.3. The summed E-state index contributed by atoms with van der Waals surface area (Å²) in [5.74, 6) is 17.3. The zero-order valence-corrected chi connectivity index (χ0v) is 20.9. The van der Waals surface area contributed by atoms with Crippen LogP contribution in [0.15, 0.2) is 0 Å². The zero-order valence-electron chi connectivity index (χ0n) is 20.9. The summed E-state index contributed by atoms with van der Waals surface area (Å²) in [4.78, 5) is 0. The van der Waals surface area contributed by atoms with E-state index in [9.17, 15) is 0 Å². The van der Waals surface area contributed by atoms with Crippen molar-refractivity contribution in [3.05, 3.63) is 0 Å². The highest BCUT2D eigenvalue weighted by molar-refractivity contribution is 5.77. The van der Waals surface area contributed by atoms with Gasteiger partial charge in [0, 0.05) is 0 Å². The Labute approximate surface area is 194 Å². The molecule has 12 saturated carbocycles. The lowest BCUT2D eigenvalue weighted by atomic mass is 8.70. The molecule has 0 N–H and O–H groups in total. The third-order valence-electron chi connectivity index (χ3n) is 19.2. The molecule has 0 aromatic rings. The second-order valence-electron chi connectivity index (χ2n) is 17.1. The van der Waals surface area contributed by atoms with E-state index in [1.165, 1.54) is 59.2 Å². The van der Waals surface area contributed by atoms with Gasteiger partial charge in [0.2, 0.25) is 0 Å². The van der Waals surface area contributed by atoms with Crippen molar-refractivity contribution >= 4 is 0 Å². The van der Waals surface area contributed by atoms with Crippen LogP contribution in [-0.2, 0) is 0 Å². The molecule has 21 unspecified atom stereocenters. The van der Waals surface area contributed by atoms with Gasteiger partial charge < -0.3 is 0 Å². The molecule has 0 nitrogen and oxygen atoms in total. The third kappa shape index (κ3) is 0.745. The molecule has 12 aliphatic rings. The molecular formula is C32H42. The molecule has 0 amide bonds. The molecule has 0 aliphatic heterocycles. The zero-order chi connectivity index (χ0) is 20.9. The first-order valence-corrected chi connectivity index (χ1v) is 15.4. The van der Waals surface area contributed by atoms with Crippen LogP contribution >= 0.6 is 0 Å². The summed E-state index contributed by atoms with van der Waals surface area (Å²) in [6.07, 6.45) is 9.88. The molecule has 0 aromatic carbocycles. The summed E-state index contributed by atoms with van der Waals surface area (Å²) >= 11 is 0. The Morgan fingerprint density at radius 1 is 0.531 bits per heavy atom. The molecule has 0 heteroatoms. The summed E-state index contributed by atoms with van der Waals surface area (Å²) in [5, 5.41) is 0. The fourth-order valence-corrected chi connectivity index (χ4v) is 20.8. The summed E-state index contributed by atoms with van der Waals surface area (Å²) in [7, 11) is 0. The van der Waals surface area contributed by atoms with Gasteiger partial charge in [0.25, 0.3) is 0 Å². The Kier molecular flexibility index (Phi) is 1.92. The molecule has 12 aliphatic carbocycles. The summed E-state index contributed by atoms with van der Waals surface area (Å²) in [6.45, 7) is 13.6. The minimum Gasteiger partial charge on any atom is -0.0622 e. The lowest BCUT2D eigenvalue weighted by Crippen LogP contribution is -3.31. The number of rotatable bonds is 0. The van der Waals surface area contributed by atoms with Crippen LogP contribution in [0.4, 0.5) is 0 Å². The molecule has 0 heterocycles. The largest absolute Gasteiger partial charge is 0.0622 e. The SMILES string of the molecule is CC1CCC2C3C4CCC5C6C(C(C)CC(C)C1C)C17CC8C(C)C29C32C4C3C5C61C32C879. The maximum Gasteiger partial charge on any atom is -0.00569 e. The van der Waals surface area contributed by atoms with Crippen molar-refractivity contribution in [2.24, 2.45) is 121 Å². The van der Waals surface area contributed by atoms with E-state index in [0.717, 1.165) is 62.1 Å². The normalized spacial score (nSPS) is 91.6.